The number of nitrogens with two attached hydrogens (primary N) is 1. The molecule has 0 radical (unpaired) electrons. The lowest BCUT2D eigenvalue weighted by Crippen LogP contribution is -2.34. The van der Waals surface area contributed by atoms with Gasteiger partial charge in [0.25, 0.3) is 0 Å². The number of anilines is 1. The van der Waals surface area contributed by atoms with Crippen LogP contribution in [0.5, 0.6) is 0 Å². The predicted octanol–water partition coefficient (Wildman–Crippen LogP) is 1.01. The van der Waals surface area contributed by atoms with Crippen molar-refractivity contribution in [3.05, 3.63) is 29.6 Å². The molecule has 0 spiro atoms. The van der Waals surface area contributed by atoms with E-state index in [1.54, 1.807) is 6.92 Å². The van der Waals surface area contributed by atoms with Crippen LogP contribution < -0.4 is 10.6 Å². The van der Waals surface area contributed by atoms with Gasteiger partial charge in [0.1, 0.15) is 5.82 Å². The fourth-order valence-electron chi connectivity index (χ4n) is 1.39. The molecule has 0 aromatic heterocycles. The highest BCUT2D eigenvalue weighted by atomic mass is 19.1. The highest BCUT2D eigenvalue weighted by Crippen LogP contribution is 2.19. The van der Waals surface area contributed by atoms with Crippen molar-refractivity contribution in [1.29, 1.82) is 5.26 Å². The van der Waals surface area contributed by atoms with Gasteiger partial charge in [-0.3, -0.25) is 4.79 Å². The summed E-state index contributed by atoms with van der Waals surface area (Å²) in [5.74, 6) is -1.05. The molecule has 2 N–H and O–H groups in total. The van der Waals surface area contributed by atoms with Gasteiger partial charge in [0.05, 0.1) is 23.9 Å². The maximum absolute atomic E-state index is 13.6. The molecule has 0 aliphatic heterocycles. The molecule has 0 aliphatic rings. The minimum absolute atomic E-state index is 0.0423. The maximum Gasteiger partial charge on any atom is 0.236 e. The van der Waals surface area contributed by atoms with Crippen LogP contribution in [0.1, 0.15) is 12.5 Å². The van der Waals surface area contributed by atoms with E-state index in [4.69, 9.17) is 11.0 Å². The summed E-state index contributed by atoms with van der Waals surface area (Å²) >= 11 is 0. The molecule has 1 aromatic rings. The summed E-state index contributed by atoms with van der Waals surface area (Å²) in [5, 5.41) is 8.59. The maximum atomic E-state index is 13.6. The molecule has 0 heterocycles. The zero-order valence-electron chi connectivity index (χ0n) is 8.90. The number of carbonyl (C=O) groups is 1. The molecule has 84 valence electrons. The van der Waals surface area contributed by atoms with Crippen molar-refractivity contribution in [2.24, 2.45) is 5.73 Å². The minimum atomic E-state index is -0.526. The Balaban J connectivity index is 3.02. The Morgan fingerprint density at radius 1 is 1.62 bits per heavy atom. The van der Waals surface area contributed by atoms with Crippen molar-refractivity contribution < 1.29 is 9.18 Å². The Kier molecular flexibility index (Phi) is 3.84. The van der Waals surface area contributed by atoms with E-state index in [9.17, 15) is 9.18 Å². The standard InChI is InChI=1S/C11H12FN3O/c1-2-15(7-11(14)16)10-4-3-8(6-13)5-9(10)12/h3-5H,2,7H2,1H3,(H2,14,16). The van der Waals surface area contributed by atoms with Crippen LogP contribution >= 0.6 is 0 Å². The number of hydrogen-bond donors (Lipinski definition) is 1. The average Bonchev–Trinajstić information content (AvgIpc) is 2.25. The molecule has 0 unspecified atom stereocenters. The van der Waals surface area contributed by atoms with Crippen LogP contribution in [0.2, 0.25) is 0 Å². The molecule has 0 saturated heterocycles. The zero-order valence-corrected chi connectivity index (χ0v) is 8.90. The van der Waals surface area contributed by atoms with E-state index in [0.717, 1.165) is 6.07 Å². The van der Waals surface area contributed by atoms with Crippen LogP contribution in [0.3, 0.4) is 0 Å². The lowest BCUT2D eigenvalue weighted by molar-refractivity contribution is -0.116. The topological polar surface area (TPSA) is 70.1 Å². The molecule has 5 heteroatoms. The van der Waals surface area contributed by atoms with Gasteiger partial charge in [-0.1, -0.05) is 0 Å². The first-order chi connectivity index (χ1) is 7.58. The fourth-order valence-corrected chi connectivity index (χ4v) is 1.39. The van der Waals surface area contributed by atoms with Crippen molar-refractivity contribution in [2.75, 3.05) is 18.0 Å². The van der Waals surface area contributed by atoms with Gasteiger partial charge in [-0.15, -0.1) is 0 Å². The van der Waals surface area contributed by atoms with Gasteiger partial charge < -0.3 is 10.6 Å². The van der Waals surface area contributed by atoms with E-state index in [1.165, 1.54) is 17.0 Å². The normalized spacial score (nSPS) is 9.56. The molecule has 0 aliphatic carbocycles. The number of amides is 1. The number of hydrogen-bond acceptors (Lipinski definition) is 3. The van der Waals surface area contributed by atoms with Crippen LogP contribution in [0.15, 0.2) is 18.2 Å². The highest BCUT2D eigenvalue weighted by molar-refractivity contribution is 5.79. The first-order valence-corrected chi connectivity index (χ1v) is 4.81. The summed E-state index contributed by atoms with van der Waals surface area (Å²) < 4.78 is 13.6. The van der Waals surface area contributed by atoms with Crippen LogP contribution in [-0.4, -0.2) is 19.0 Å². The second kappa shape index (κ2) is 5.12. The van der Waals surface area contributed by atoms with Crippen LogP contribution in [0.25, 0.3) is 0 Å². The number of rotatable bonds is 4. The molecule has 1 amide bonds. The highest BCUT2D eigenvalue weighted by Gasteiger charge is 2.12. The molecule has 0 saturated carbocycles. The summed E-state index contributed by atoms with van der Waals surface area (Å²) in [6, 6.07) is 5.96. The first kappa shape index (κ1) is 12.0. The van der Waals surface area contributed by atoms with Gasteiger partial charge >= 0.3 is 0 Å². The quantitative estimate of drug-likeness (QED) is 0.824. The smallest absolute Gasteiger partial charge is 0.236 e. The predicted molar refractivity (Wildman–Crippen MR) is 58.2 cm³/mol. The summed E-state index contributed by atoms with van der Waals surface area (Å²) in [6.07, 6.45) is 0. The number of halogens is 1. The number of benzene rings is 1. The van der Waals surface area contributed by atoms with Crippen molar-refractivity contribution >= 4 is 11.6 Å². The van der Waals surface area contributed by atoms with E-state index in [2.05, 4.69) is 0 Å². The molecule has 1 rings (SSSR count). The number of carbonyl (C=O) groups excluding carboxylic acids is 1. The Morgan fingerprint density at radius 2 is 2.31 bits per heavy atom. The third kappa shape index (κ3) is 2.70. The van der Waals surface area contributed by atoms with Gasteiger partial charge in [0.15, 0.2) is 0 Å². The third-order valence-electron chi connectivity index (χ3n) is 2.15. The number of nitriles is 1. The molecule has 0 atom stereocenters. The van der Waals surface area contributed by atoms with E-state index in [0.29, 0.717) is 6.54 Å². The number of nitrogens with zero attached hydrogens (tertiary/aromatic N) is 2. The lowest BCUT2D eigenvalue weighted by Gasteiger charge is -2.21. The summed E-state index contributed by atoms with van der Waals surface area (Å²) in [4.78, 5) is 12.3. The monoisotopic (exact) mass is 221 g/mol. The summed E-state index contributed by atoms with van der Waals surface area (Å²) in [5.41, 5.74) is 5.58. The summed E-state index contributed by atoms with van der Waals surface area (Å²) in [7, 11) is 0. The van der Waals surface area contributed by atoms with E-state index < -0.39 is 11.7 Å². The molecule has 16 heavy (non-hydrogen) atoms. The number of primary amides is 1. The van der Waals surface area contributed by atoms with Crippen molar-refractivity contribution in [3.8, 4) is 6.07 Å². The van der Waals surface area contributed by atoms with Gasteiger partial charge in [0, 0.05) is 6.54 Å². The Hall–Kier alpha value is -2.09. The Labute approximate surface area is 93.1 Å². The second-order valence-electron chi connectivity index (χ2n) is 3.26. The largest absolute Gasteiger partial charge is 0.368 e. The number of likely N-dealkylation sites (N-methyl/N-ethyl adjacent to an activating group) is 1. The molecule has 0 fully saturated rings. The minimum Gasteiger partial charge on any atom is -0.368 e. The SMILES string of the molecule is CCN(CC(N)=O)c1ccc(C#N)cc1F. The van der Waals surface area contributed by atoms with Gasteiger partial charge in [-0.2, -0.15) is 5.26 Å². The van der Waals surface area contributed by atoms with Crippen LogP contribution in [0, 0.1) is 17.1 Å². The van der Waals surface area contributed by atoms with Crippen LogP contribution in [-0.2, 0) is 4.79 Å². The molecular weight excluding hydrogens is 209 g/mol. The lowest BCUT2D eigenvalue weighted by atomic mass is 10.2. The van der Waals surface area contributed by atoms with Gasteiger partial charge in [-0.05, 0) is 25.1 Å². The zero-order chi connectivity index (χ0) is 12.1. The van der Waals surface area contributed by atoms with E-state index in [-0.39, 0.29) is 17.8 Å². The summed E-state index contributed by atoms with van der Waals surface area (Å²) in [6.45, 7) is 2.21. The van der Waals surface area contributed by atoms with Crippen molar-refractivity contribution in [3.63, 3.8) is 0 Å². The van der Waals surface area contributed by atoms with Crippen LogP contribution in [0.4, 0.5) is 10.1 Å². The second-order valence-corrected chi connectivity index (χ2v) is 3.26. The van der Waals surface area contributed by atoms with Gasteiger partial charge in [0.2, 0.25) is 5.91 Å². The molecule has 4 nitrogen and oxygen atoms in total. The molecular formula is C11H12FN3O. The average molecular weight is 221 g/mol. The van der Waals surface area contributed by atoms with E-state index >= 15 is 0 Å². The van der Waals surface area contributed by atoms with Gasteiger partial charge in [-0.25, -0.2) is 4.39 Å². The Morgan fingerprint density at radius 3 is 2.75 bits per heavy atom. The Bertz CT molecular complexity index is 439. The van der Waals surface area contributed by atoms with E-state index in [1.807, 2.05) is 6.07 Å². The third-order valence-corrected chi connectivity index (χ3v) is 2.15. The van der Waals surface area contributed by atoms with Crippen molar-refractivity contribution in [2.45, 2.75) is 6.92 Å². The fraction of sp³-hybridized carbons (Fsp3) is 0.273. The molecule has 1 aromatic carbocycles. The molecule has 0 bridgehead atoms. The first-order valence-electron chi connectivity index (χ1n) is 4.81. The van der Waals surface area contributed by atoms with Crippen molar-refractivity contribution in [1.82, 2.24) is 0 Å².